The van der Waals surface area contributed by atoms with Gasteiger partial charge in [-0.2, -0.15) is 5.10 Å². The largest absolute Gasteiger partial charge is 0.337 e. The lowest BCUT2D eigenvalue weighted by molar-refractivity contribution is -0.393. The van der Waals surface area contributed by atoms with Crippen molar-refractivity contribution >= 4 is 34.3 Å². The predicted molar refractivity (Wildman–Crippen MR) is 87.1 cm³/mol. The van der Waals surface area contributed by atoms with E-state index in [2.05, 4.69) is 20.5 Å². The van der Waals surface area contributed by atoms with E-state index in [1.165, 1.54) is 12.3 Å². The minimum Gasteiger partial charge on any atom is -0.337 e. The van der Waals surface area contributed by atoms with Crippen LogP contribution < -0.4 is 5.43 Å². The summed E-state index contributed by atoms with van der Waals surface area (Å²) < 4.78 is 0. The molecule has 2 N–H and O–H groups in total. The maximum atomic E-state index is 11.0. The number of anilines is 1. The van der Waals surface area contributed by atoms with Crippen LogP contribution in [0.5, 0.6) is 0 Å². The Kier molecular flexibility index (Phi) is 3.85. The molecule has 1 heterocycles. The summed E-state index contributed by atoms with van der Waals surface area (Å²) in [7, 11) is 0. The SMILES string of the molecule is O=[N+]([O-])c1ccc(NN=Cc2nc3ccccc3[nH]2)c([N+](=O)[O-])c1. The number of fused-ring (bicyclic) bond motifs is 1. The van der Waals surface area contributed by atoms with Crippen molar-refractivity contribution in [1.82, 2.24) is 9.97 Å². The Labute approximate surface area is 134 Å². The van der Waals surface area contributed by atoms with E-state index in [-0.39, 0.29) is 11.4 Å². The number of benzene rings is 2. The fourth-order valence-corrected chi connectivity index (χ4v) is 2.08. The van der Waals surface area contributed by atoms with Crippen molar-refractivity contribution in [2.75, 3.05) is 5.43 Å². The second-order valence-corrected chi connectivity index (χ2v) is 4.72. The molecule has 1 aromatic heterocycles. The predicted octanol–water partition coefficient (Wildman–Crippen LogP) is 2.83. The number of aromatic nitrogens is 2. The molecular weight excluding hydrogens is 316 g/mol. The van der Waals surface area contributed by atoms with Gasteiger partial charge in [-0.25, -0.2) is 4.98 Å². The molecule has 10 heteroatoms. The molecule has 24 heavy (non-hydrogen) atoms. The minimum absolute atomic E-state index is 0.0398. The van der Waals surface area contributed by atoms with Gasteiger partial charge in [-0.15, -0.1) is 0 Å². The van der Waals surface area contributed by atoms with Crippen LogP contribution in [0, 0.1) is 20.2 Å². The molecule has 0 fully saturated rings. The molecule has 0 radical (unpaired) electrons. The second kappa shape index (κ2) is 6.12. The van der Waals surface area contributed by atoms with E-state index in [1.54, 1.807) is 0 Å². The summed E-state index contributed by atoms with van der Waals surface area (Å²) in [4.78, 5) is 27.6. The van der Waals surface area contributed by atoms with Crippen LogP contribution in [-0.2, 0) is 0 Å². The highest BCUT2D eigenvalue weighted by atomic mass is 16.6. The van der Waals surface area contributed by atoms with Gasteiger partial charge < -0.3 is 4.98 Å². The number of hydrogen-bond acceptors (Lipinski definition) is 7. The van der Waals surface area contributed by atoms with Crippen LogP contribution in [0.25, 0.3) is 11.0 Å². The molecule has 0 spiro atoms. The number of rotatable bonds is 5. The summed E-state index contributed by atoms with van der Waals surface area (Å²) in [6.07, 6.45) is 1.37. The topological polar surface area (TPSA) is 139 Å². The van der Waals surface area contributed by atoms with Crippen LogP contribution in [0.4, 0.5) is 17.1 Å². The summed E-state index contributed by atoms with van der Waals surface area (Å²) in [5.41, 5.74) is 3.33. The summed E-state index contributed by atoms with van der Waals surface area (Å²) in [5, 5.41) is 25.6. The molecule has 0 unspecified atom stereocenters. The molecule has 0 amide bonds. The maximum absolute atomic E-state index is 11.0. The van der Waals surface area contributed by atoms with Crippen molar-refractivity contribution in [3.63, 3.8) is 0 Å². The van der Waals surface area contributed by atoms with E-state index in [1.807, 2.05) is 24.3 Å². The number of hydrazone groups is 1. The number of nitro benzene ring substituents is 2. The number of hydrogen-bond donors (Lipinski definition) is 2. The van der Waals surface area contributed by atoms with Gasteiger partial charge in [0.15, 0.2) is 5.82 Å². The van der Waals surface area contributed by atoms with Gasteiger partial charge in [0.05, 0.1) is 33.2 Å². The van der Waals surface area contributed by atoms with Crippen molar-refractivity contribution in [2.24, 2.45) is 5.10 Å². The lowest BCUT2D eigenvalue weighted by atomic mass is 10.2. The Bertz CT molecular complexity index is 932. The van der Waals surface area contributed by atoms with E-state index in [0.29, 0.717) is 5.82 Å². The monoisotopic (exact) mass is 326 g/mol. The Hall–Kier alpha value is -3.82. The van der Waals surface area contributed by atoms with Crippen molar-refractivity contribution in [2.45, 2.75) is 0 Å². The number of aromatic amines is 1. The number of nitrogens with zero attached hydrogens (tertiary/aromatic N) is 4. The molecule has 0 aliphatic heterocycles. The smallest absolute Gasteiger partial charge is 0.301 e. The molecule has 10 nitrogen and oxygen atoms in total. The highest BCUT2D eigenvalue weighted by Crippen LogP contribution is 2.28. The van der Waals surface area contributed by atoms with Gasteiger partial charge in [0.25, 0.3) is 5.69 Å². The van der Waals surface area contributed by atoms with E-state index in [4.69, 9.17) is 0 Å². The molecule has 3 rings (SSSR count). The van der Waals surface area contributed by atoms with Gasteiger partial charge in [0.2, 0.25) is 0 Å². The van der Waals surface area contributed by atoms with Crippen molar-refractivity contribution in [3.05, 3.63) is 68.5 Å². The number of H-pyrrole nitrogens is 1. The number of nitro groups is 2. The first kappa shape index (κ1) is 15.1. The van der Waals surface area contributed by atoms with Gasteiger partial charge in [-0.3, -0.25) is 25.7 Å². The van der Waals surface area contributed by atoms with Crippen LogP contribution >= 0.6 is 0 Å². The van der Waals surface area contributed by atoms with E-state index in [9.17, 15) is 20.2 Å². The fourth-order valence-electron chi connectivity index (χ4n) is 2.08. The zero-order chi connectivity index (χ0) is 17.1. The summed E-state index contributed by atoms with van der Waals surface area (Å²) in [6, 6.07) is 10.7. The first-order valence-electron chi connectivity index (χ1n) is 6.71. The zero-order valence-electron chi connectivity index (χ0n) is 12.0. The average Bonchev–Trinajstić information content (AvgIpc) is 2.97. The van der Waals surface area contributed by atoms with Crippen LogP contribution in [0.2, 0.25) is 0 Å². The van der Waals surface area contributed by atoms with Crippen molar-refractivity contribution < 1.29 is 9.85 Å². The first-order valence-corrected chi connectivity index (χ1v) is 6.71. The van der Waals surface area contributed by atoms with E-state index < -0.39 is 15.5 Å². The normalized spacial score (nSPS) is 11.0. The van der Waals surface area contributed by atoms with Crippen LogP contribution in [-0.4, -0.2) is 26.0 Å². The Morgan fingerprint density at radius 3 is 2.62 bits per heavy atom. The quantitative estimate of drug-likeness (QED) is 0.420. The molecule has 0 aliphatic carbocycles. The second-order valence-electron chi connectivity index (χ2n) is 4.72. The van der Waals surface area contributed by atoms with Crippen LogP contribution in [0.15, 0.2) is 47.6 Å². The third kappa shape index (κ3) is 3.02. The van der Waals surface area contributed by atoms with Gasteiger partial charge in [0.1, 0.15) is 5.69 Å². The molecule has 120 valence electrons. The number of non-ortho nitro benzene ring substituents is 1. The van der Waals surface area contributed by atoms with Crippen LogP contribution in [0.1, 0.15) is 5.82 Å². The fraction of sp³-hybridized carbons (Fsp3) is 0. The molecule has 2 aromatic carbocycles. The summed E-state index contributed by atoms with van der Waals surface area (Å²) in [6.45, 7) is 0. The standard InChI is InChI=1S/C14H10N6O4/c21-19(22)9-5-6-12(13(7-9)20(23)24)18-15-8-14-16-10-3-1-2-4-11(10)17-14/h1-8,18H,(H,16,17). The molecule has 0 aliphatic rings. The Morgan fingerprint density at radius 2 is 1.92 bits per heavy atom. The number of imidazole rings is 1. The summed E-state index contributed by atoms with van der Waals surface area (Å²) >= 11 is 0. The molecule has 0 atom stereocenters. The Balaban J connectivity index is 1.82. The van der Waals surface area contributed by atoms with Gasteiger partial charge >= 0.3 is 5.69 Å². The maximum Gasteiger partial charge on any atom is 0.301 e. The molecule has 0 saturated heterocycles. The highest BCUT2D eigenvalue weighted by Gasteiger charge is 2.19. The van der Waals surface area contributed by atoms with E-state index >= 15 is 0 Å². The lowest BCUT2D eigenvalue weighted by Gasteiger charge is -2.01. The van der Waals surface area contributed by atoms with Crippen molar-refractivity contribution in [1.29, 1.82) is 0 Å². The third-order valence-corrected chi connectivity index (χ3v) is 3.17. The van der Waals surface area contributed by atoms with Crippen molar-refractivity contribution in [3.8, 4) is 0 Å². The molecule has 0 bridgehead atoms. The number of para-hydroxylation sites is 2. The highest BCUT2D eigenvalue weighted by molar-refractivity contribution is 5.84. The third-order valence-electron chi connectivity index (χ3n) is 3.17. The van der Waals surface area contributed by atoms with Gasteiger partial charge in [0, 0.05) is 6.07 Å². The average molecular weight is 326 g/mol. The first-order chi connectivity index (χ1) is 11.5. The summed E-state index contributed by atoms with van der Waals surface area (Å²) in [5.74, 6) is 0.466. The van der Waals surface area contributed by atoms with E-state index in [0.717, 1.165) is 23.2 Å². The minimum atomic E-state index is -0.716. The number of nitrogens with one attached hydrogen (secondary N) is 2. The molecular formula is C14H10N6O4. The molecule has 3 aromatic rings. The van der Waals surface area contributed by atoms with Gasteiger partial charge in [-0.05, 0) is 18.2 Å². The molecule has 0 saturated carbocycles. The Morgan fingerprint density at radius 1 is 1.12 bits per heavy atom. The van der Waals surface area contributed by atoms with Gasteiger partial charge in [-0.1, -0.05) is 12.1 Å². The van der Waals surface area contributed by atoms with Crippen LogP contribution in [0.3, 0.4) is 0 Å². The zero-order valence-corrected chi connectivity index (χ0v) is 12.0. The lowest BCUT2D eigenvalue weighted by Crippen LogP contribution is -1.99.